The van der Waals surface area contributed by atoms with Crippen molar-refractivity contribution in [3.63, 3.8) is 0 Å². The molecule has 0 bridgehead atoms. The monoisotopic (exact) mass is 431 g/mol. The van der Waals surface area contributed by atoms with Gasteiger partial charge in [0.25, 0.3) is 5.91 Å². The van der Waals surface area contributed by atoms with Gasteiger partial charge < -0.3 is 14.7 Å². The molecule has 2 aliphatic heterocycles. The molecule has 0 aliphatic carbocycles. The van der Waals surface area contributed by atoms with Gasteiger partial charge in [0.1, 0.15) is 0 Å². The van der Waals surface area contributed by atoms with Gasteiger partial charge in [0.2, 0.25) is 11.8 Å². The second kappa shape index (κ2) is 8.55. The topological polar surface area (TPSA) is 60.9 Å². The van der Waals surface area contributed by atoms with Gasteiger partial charge >= 0.3 is 0 Å². The number of thiophene rings is 1. The van der Waals surface area contributed by atoms with Crippen LogP contribution in [0.25, 0.3) is 0 Å². The zero-order chi connectivity index (χ0) is 20.4. The second-order valence-corrected chi connectivity index (χ2v) is 8.72. The average Bonchev–Trinajstić information content (AvgIpc) is 3.39. The van der Waals surface area contributed by atoms with Crippen LogP contribution >= 0.6 is 22.9 Å². The number of rotatable bonds is 4. The molecule has 0 N–H and O–H groups in total. The van der Waals surface area contributed by atoms with Crippen molar-refractivity contribution < 1.29 is 14.4 Å². The summed E-state index contributed by atoms with van der Waals surface area (Å²) in [5.74, 6) is -0.323. The lowest BCUT2D eigenvalue weighted by molar-refractivity contribution is -0.137. The van der Waals surface area contributed by atoms with Crippen LogP contribution in [-0.4, -0.2) is 65.1 Å². The normalized spacial score (nSPS) is 19.7. The Morgan fingerprint density at radius 3 is 2.45 bits per heavy atom. The summed E-state index contributed by atoms with van der Waals surface area (Å²) < 4.78 is 0. The van der Waals surface area contributed by atoms with Crippen LogP contribution in [0.5, 0.6) is 0 Å². The number of carbonyl (C=O) groups is 3. The van der Waals surface area contributed by atoms with E-state index in [1.165, 1.54) is 11.3 Å². The maximum Gasteiger partial charge on any atom is 0.264 e. The van der Waals surface area contributed by atoms with E-state index in [0.29, 0.717) is 44.3 Å². The van der Waals surface area contributed by atoms with E-state index in [1.807, 2.05) is 35.7 Å². The Hall–Kier alpha value is -2.38. The maximum atomic E-state index is 12.9. The fourth-order valence-corrected chi connectivity index (χ4v) is 4.75. The van der Waals surface area contributed by atoms with Crippen molar-refractivity contribution in [3.8, 4) is 0 Å². The summed E-state index contributed by atoms with van der Waals surface area (Å²) in [6, 6.07) is 11.1. The average molecular weight is 432 g/mol. The standard InChI is InChI=1S/C21H22ClN3O3S/c22-17-5-2-1-4-15(17)13-25-14-16(12-19(25)26)20(27)23-7-9-24(10-8-23)21(28)18-6-3-11-29-18/h1-6,11,16H,7-10,12-14H2/t16-/m0/s1. The molecule has 0 radical (unpaired) electrons. The Morgan fingerprint density at radius 2 is 1.76 bits per heavy atom. The smallest absolute Gasteiger partial charge is 0.264 e. The first-order valence-corrected chi connectivity index (χ1v) is 10.9. The van der Waals surface area contributed by atoms with Gasteiger partial charge in [-0.05, 0) is 23.1 Å². The van der Waals surface area contributed by atoms with E-state index in [4.69, 9.17) is 11.6 Å². The van der Waals surface area contributed by atoms with Gasteiger partial charge in [0, 0.05) is 50.7 Å². The summed E-state index contributed by atoms with van der Waals surface area (Å²) >= 11 is 7.63. The Balaban J connectivity index is 1.32. The molecule has 6 nitrogen and oxygen atoms in total. The summed E-state index contributed by atoms with van der Waals surface area (Å²) in [7, 11) is 0. The number of nitrogens with zero attached hydrogens (tertiary/aromatic N) is 3. The van der Waals surface area contributed by atoms with E-state index in [-0.39, 0.29) is 30.1 Å². The zero-order valence-corrected chi connectivity index (χ0v) is 17.5. The number of likely N-dealkylation sites (tertiary alicyclic amines) is 1. The molecule has 1 atom stereocenters. The first-order valence-electron chi connectivity index (χ1n) is 9.65. The molecule has 0 unspecified atom stereocenters. The molecule has 1 aromatic carbocycles. The lowest BCUT2D eigenvalue weighted by Crippen LogP contribution is -2.52. The highest BCUT2D eigenvalue weighted by Crippen LogP contribution is 2.25. The van der Waals surface area contributed by atoms with Gasteiger partial charge in [0.15, 0.2) is 0 Å². The highest BCUT2D eigenvalue weighted by Gasteiger charge is 2.37. The lowest BCUT2D eigenvalue weighted by atomic mass is 10.1. The highest BCUT2D eigenvalue weighted by molar-refractivity contribution is 7.12. The van der Waals surface area contributed by atoms with E-state index in [2.05, 4.69) is 0 Å². The van der Waals surface area contributed by atoms with Crippen molar-refractivity contribution in [2.75, 3.05) is 32.7 Å². The summed E-state index contributed by atoms with van der Waals surface area (Å²) in [4.78, 5) is 43.8. The van der Waals surface area contributed by atoms with Crippen LogP contribution in [0.3, 0.4) is 0 Å². The van der Waals surface area contributed by atoms with Crippen LogP contribution in [0, 0.1) is 5.92 Å². The molecule has 0 saturated carbocycles. The third-order valence-electron chi connectivity index (χ3n) is 5.49. The van der Waals surface area contributed by atoms with Gasteiger partial charge in [-0.3, -0.25) is 14.4 Å². The first kappa shape index (κ1) is 19.9. The predicted molar refractivity (Wildman–Crippen MR) is 112 cm³/mol. The van der Waals surface area contributed by atoms with Gasteiger partial charge in [-0.1, -0.05) is 35.9 Å². The Bertz CT molecular complexity index is 910. The van der Waals surface area contributed by atoms with Crippen molar-refractivity contribution >= 4 is 40.7 Å². The number of halogens is 1. The molecule has 29 heavy (non-hydrogen) atoms. The van der Waals surface area contributed by atoms with Crippen molar-refractivity contribution in [1.29, 1.82) is 0 Å². The van der Waals surface area contributed by atoms with Crippen molar-refractivity contribution in [1.82, 2.24) is 14.7 Å². The molecular weight excluding hydrogens is 410 g/mol. The number of amides is 3. The van der Waals surface area contributed by atoms with Crippen LogP contribution in [0.2, 0.25) is 5.02 Å². The van der Waals surface area contributed by atoms with Crippen molar-refractivity contribution in [3.05, 3.63) is 57.2 Å². The van der Waals surface area contributed by atoms with Crippen LogP contribution in [0.15, 0.2) is 41.8 Å². The fraction of sp³-hybridized carbons (Fsp3) is 0.381. The van der Waals surface area contributed by atoms with Crippen LogP contribution in [-0.2, 0) is 16.1 Å². The Labute approximate surface area is 178 Å². The number of carbonyl (C=O) groups excluding carboxylic acids is 3. The van der Waals surface area contributed by atoms with E-state index in [1.54, 1.807) is 20.8 Å². The minimum Gasteiger partial charge on any atom is -0.339 e. The molecule has 152 valence electrons. The quantitative estimate of drug-likeness (QED) is 0.747. The number of piperazine rings is 1. The minimum atomic E-state index is -0.329. The number of benzene rings is 1. The fourth-order valence-electron chi connectivity index (χ4n) is 3.87. The highest BCUT2D eigenvalue weighted by atomic mass is 35.5. The molecule has 2 aromatic rings. The summed E-state index contributed by atoms with van der Waals surface area (Å²) in [5, 5.41) is 2.51. The van der Waals surface area contributed by atoms with Gasteiger partial charge in [0.05, 0.1) is 10.8 Å². The molecule has 2 saturated heterocycles. The van der Waals surface area contributed by atoms with E-state index in [0.717, 1.165) is 10.4 Å². The SMILES string of the molecule is O=C1C[C@H](C(=O)N2CCN(C(=O)c3cccs3)CC2)CN1Cc1ccccc1Cl. The molecule has 1 aromatic heterocycles. The molecular formula is C21H22ClN3O3S. The second-order valence-electron chi connectivity index (χ2n) is 7.36. The molecule has 3 amide bonds. The summed E-state index contributed by atoms with van der Waals surface area (Å²) in [6.07, 6.45) is 0.234. The van der Waals surface area contributed by atoms with Gasteiger partial charge in [-0.15, -0.1) is 11.3 Å². The first-order chi connectivity index (χ1) is 14.0. The lowest BCUT2D eigenvalue weighted by Gasteiger charge is -2.35. The van der Waals surface area contributed by atoms with Crippen LogP contribution < -0.4 is 0 Å². The van der Waals surface area contributed by atoms with Gasteiger partial charge in [-0.2, -0.15) is 0 Å². The molecule has 2 fully saturated rings. The predicted octanol–water partition coefficient (Wildman–Crippen LogP) is 2.73. The van der Waals surface area contributed by atoms with E-state index < -0.39 is 0 Å². The molecule has 4 rings (SSSR count). The third-order valence-corrected chi connectivity index (χ3v) is 6.72. The largest absolute Gasteiger partial charge is 0.339 e. The summed E-state index contributed by atoms with van der Waals surface area (Å²) in [6.45, 7) is 2.89. The molecule has 8 heteroatoms. The Morgan fingerprint density at radius 1 is 1.03 bits per heavy atom. The number of hydrogen-bond acceptors (Lipinski definition) is 4. The van der Waals surface area contributed by atoms with E-state index in [9.17, 15) is 14.4 Å². The maximum absolute atomic E-state index is 12.9. The molecule has 0 spiro atoms. The van der Waals surface area contributed by atoms with Crippen molar-refractivity contribution in [2.45, 2.75) is 13.0 Å². The van der Waals surface area contributed by atoms with Gasteiger partial charge in [-0.25, -0.2) is 0 Å². The number of hydrogen-bond donors (Lipinski definition) is 0. The van der Waals surface area contributed by atoms with Crippen LogP contribution in [0.1, 0.15) is 21.7 Å². The summed E-state index contributed by atoms with van der Waals surface area (Å²) in [5.41, 5.74) is 0.885. The third kappa shape index (κ3) is 4.31. The minimum absolute atomic E-state index is 0.00299. The zero-order valence-electron chi connectivity index (χ0n) is 15.9. The Kier molecular flexibility index (Phi) is 5.87. The molecule has 3 heterocycles. The molecule has 2 aliphatic rings. The van der Waals surface area contributed by atoms with E-state index >= 15 is 0 Å². The van der Waals surface area contributed by atoms with Crippen molar-refractivity contribution in [2.24, 2.45) is 5.92 Å². The van der Waals surface area contributed by atoms with Crippen LogP contribution in [0.4, 0.5) is 0 Å².